The summed E-state index contributed by atoms with van der Waals surface area (Å²) in [6.07, 6.45) is 99.6. The molecule has 0 N–H and O–H groups in total. The van der Waals surface area contributed by atoms with Gasteiger partial charge in [-0.15, -0.1) is 0 Å². The van der Waals surface area contributed by atoms with Crippen LogP contribution in [0.3, 0.4) is 0 Å². The third kappa shape index (κ3) is 65.8. The Morgan fingerprint density at radius 3 is 0.744 bits per heavy atom. The number of carbonyl (C=O) groups excluding carboxylic acids is 3. The maximum atomic E-state index is 12.9. The van der Waals surface area contributed by atoms with Crippen molar-refractivity contribution < 1.29 is 28.6 Å². The molecule has 6 nitrogen and oxygen atoms in total. The third-order valence-electron chi connectivity index (χ3n) is 13.7. The Hall–Kier alpha value is -4.97. The smallest absolute Gasteiger partial charge is 0.306 e. The first-order chi connectivity index (χ1) is 40.5. The van der Waals surface area contributed by atoms with Gasteiger partial charge in [0.2, 0.25) is 0 Å². The predicted octanol–water partition coefficient (Wildman–Crippen LogP) is 23.3. The van der Waals surface area contributed by atoms with Gasteiger partial charge in [0.25, 0.3) is 0 Å². The van der Waals surface area contributed by atoms with E-state index in [4.69, 9.17) is 14.2 Å². The van der Waals surface area contributed by atoms with Crippen molar-refractivity contribution in [3.8, 4) is 0 Å². The van der Waals surface area contributed by atoms with Crippen LogP contribution in [0.4, 0.5) is 0 Å². The zero-order valence-corrected chi connectivity index (χ0v) is 52.9. The van der Waals surface area contributed by atoms with Gasteiger partial charge < -0.3 is 14.2 Å². The second-order valence-electron chi connectivity index (χ2n) is 21.6. The second-order valence-corrected chi connectivity index (χ2v) is 21.6. The van der Waals surface area contributed by atoms with E-state index in [2.05, 4.69) is 179 Å². The summed E-state index contributed by atoms with van der Waals surface area (Å²) >= 11 is 0. The van der Waals surface area contributed by atoms with Crippen molar-refractivity contribution in [2.75, 3.05) is 13.2 Å². The maximum absolute atomic E-state index is 12.9. The van der Waals surface area contributed by atoms with Crippen molar-refractivity contribution in [2.24, 2.45) is 0 Å². The highest BCUT2D eigenvalue weighted by atomic mass is 16.6. The maximum Gasteiger partial charge on any atom is 0.306 e. The van der Waals surface area contributed by atoms with Gasteiger partial charge in [0, 0.05) is 19.3 Å². The fourth-order valence-electron chi connectivity index (χ4n) is 8.80. The quantitative estimate of drug-likeness (QED) is 0.0261. The number of rotatable bonds is 59. The number of allylic oxidation sites excluding steroid dienone is 26. The molecule has 0 amide bonds. The van der Waals surface area contributed by atoms with Gasteiger partial charge in [-0.05, 0) is 148 Å². The molecule has 82 heavy (non-hydrogen) atoms. The second kappa shape index (κ2) is 68.5. The molecule has 0 aliphatic heterocycles. The fraction of sp³-hybridized carbons (Fsp3) is 0.618. The van der Waals surface area contributed by atoms with Crippen molar-refractivity contribution >= 4 is 17.9 Å². The summed E-state index contributed by atoms with van der Waals surface area (Å²) in [4.78, 5) is 38.4. The SMILES string of the molecule is CC/C=C\C/C=C\C/C=C\C/C=C\C/C=C\C/C=C\C/C=C\CCCCCCCC(=O)OCC(COC(=O)CCCCCCC/C=C\C/C=C\CCCCCC)OC(=O)CCCCCCCCCC/C=C\C/C=C\C/C=C\C/C=C\CC. The van der Waals surface area contributed by atoms with Gasteiger partial charge in [-0.1, -0.05) is 275 Å². The Bertz CT molecular complexity index is 1830. The Kier molecular flexibility index (Phi) is 64.4. The number of carbonyl (C=O) groups is 3. The molecular weight excluding hydrogens is 1010 g/mol. The predicted molar refractivity (Wildman–Crippen MR) is 357 cm³/mol. The van der Waals surface area contributed by atoms with E-state index in [-0.39, 0.29) is 31.1 Å². The molecule has 462 valence electrons. The number of hydrogen-bond donors (Lipinski definition) is 0. The van der Waals surface area contributed by atoms with Crippen LogP contribution in [0.15, 0.2) is 158 Å². The van der Waals surface area contributed by atoms with Crippen molar-refractivity contribution in [3.05, 3.63) is 158 Å². The van der Waals surface area contributed by atoms with Crippen LogP contribution < -0.4 is 0 Å². The molecule has 0 saturated carbocycles. The molecule has 6 heteroatoms. The van der Waals surface area contributed by atoms with Gasteiger partial charge in [0.15, 0.2) is 6.10 Å². The van der Waals surface area contributed by atoms with E-state index in [0.717, 1.165) is 180 Å². The average Bonchev–Trinajstić information content (AvgIpc) is 3.47. The lowest BCUT2D eigenvalue weighted by Gasteiger charge is -2.18. The molecule has 0 spiro atoms. The molecule has 0 aliphatic carbocycles. The van der Waals surface area contributed by atoms with Crippen LogP contribution in [0.1, 0.15) is 284 Å². The van der Waals surface area contributed by atoms with E-state index in [0.29, 0.717) is 19.3 Å². The molecule has 0 rings (SSSR count). The summed E-state index contributed by atoms with van der Waals surface area (Å²) in [5.74, 6) is -0.940. The number of hydrogen-bond acceptors (Lipinski definition) is 6. The van der Waals surface area contributed by atoms with Crippen LogP contribution in [0, 0.1) is 0 Å². The van der Waals surface area contributed by atoms with Gasteiger partial charge >= 0.3 is 17.9 Å². The normalized spacial score (nSPS) is 13.2. The summed E-state index contributed by atoms with van der Waals surface area (Å²) in [5, 5.41) is 0. The number of ether oxygens (including phenoxy) is 3. The lowest BCUT2D eigenvalue weighted by atomic mass is 10.1. The standard InChI is InChI=1S/C76H122O6/c1-4-7-10-13-16-19-22-25-28-31-33-35-36-37-38-39-40-42-43-45-48-51-54-57-60-63-66-69-75(78)81-72-73(71-80-74(77)68-65-62-59-56-53-50-47-30-27-24-21-18-15-12-9-6-3)82-76(79)70-67-64-61-58-55-52-49-46-44-41-34-32-29-26-23-20-17-14-11-8-5-2/h7-8,10-11,16-17,19-21,24-26,28-30,33-35,37-38,40-42,45,47-48,73H,4-6,9,12-15,18,22-23,27,31-32,36,39,43-44,46,49-72H2,1-3H3/b10-7-,11-8-,19-16-,20-17-,24-21-,28-25-,29-26-,35-33-,38-37-,41-34-,42-40-,47-30-,48-45-. The van der Waals surface area contributed by atoms with E-state index in [1.807, 2.05) is 0 Å². The zero-order chi connectivity index (χ0) is 59.2. The molecule has 1 unspecified atom stereocenters. The van der Waals surface area contributed by atoms with Gasteiger partial charge in [-0.2, -0.15) is 0 Å². The number of unbranched alkanes of at least 4 members (excludes halogenated alkanes) is 22. The number of esters is 3. The topological polar surface area (TPSA) is 78.9 Å². The van der Waals surface area contributed by atoms with Gasteiger partial charge in [-0.25, -0.2) is 0 Å². The minimum absolute atomic E-state index is 0.101. The highest BCUT2D eigenvalue weighted by molar-refractivity contribution is 5.71. The Balaban J connectivity index is 4.47. The summed E-state index contributed by atoms with van der Waals surface area (Å²) in [6, 6.07) is 0. The van der Waals surface area contributed by atoms with Crippen molar-refractivity contribution in [3.63, 3.8) is 0 Å². The van der Waals surface area contributed by atoms with Crippen LogP contribution in [-0.2, 0) is 28.6 Å². The summed E-state index contributed by atoms with van der Waals surface area (Å²) in [5.41, 5.74) is 0. The summed E-state index contributed by atoms with van der Waals surface area (Å²) in [6.45, 7) is 6.37. The highest BCUT2D eigenvalue weighted by Gasteiger charge is 2.19. The Morgan fingerprint density at radius 1 is 0.256 bits per heavy atom. The Labute approximate surface area is 505 Å². The largest absolute Gasteiger partial charge is 0.462 e. The zero-order valence-electron chi connectivity index (χ0n) is 52.9. The molecule has 0 radical (unpaired) electrons. The lowest BCUT2D eigenvalue weighted by Crippen LogP contribution is -2.30. The summed E-state index contributed by atoms with van der Waals surface area (Å²) < 4.78 is 16.9. The fourth-order valence-corrected chi connectivity index (χ4v) is 8.80. The first-order valence-corrected chi connectivity index (χ1v) is 33.5. The van der Waals surface area contributed by atoms with Crippen LogP contribution in [0.5, 0.6) is 0 Å². The minimum Gasteiger partial charge on any atom is -0.462 e. The van der Waals surface area contributed by atoms with Crippen LogP contribution in [0.2, 0.25) is 0 Å². The van der Waals surface area contributed by atoms with E-state index in [1.54, 1.807) is 0 Å². The van der Waals surface area contributed by atoms with Gasteiger partial charge in [-0.3, -0.25) is 14.4 Å². The van der Waals surface area contributed by atoms with Crippen molar-refractivity contribution in [1.82, 2.24) is 0 Å². The molecular formula is C76H122O6. The van der Waals surface area contributed by atoms with Crippen LogP contribution >= 0.6 is 0 Å². The van der Waals surface area contributed by atoms with Gasteiger partial charge in [0.1, 0.15) is 13.2 Å². The monoisotopic (exact) mass is 1130 g/mol. The van der Waals surface area contributed by atoms with Crippen LogP contribution in [-0.4, -0.2) is 37.2 Å². The van der Waals surface area contributed by atoms with Crippen molar-refractivity contribution in [2.45, 2.75) is 290 Å². The molecule has 0 aromatic rings. The average molecular weight is 1130 g/mol. The van der Waals surface area contributed by atoms with E-state index < -0.39 is 6.10 Å². The Morgan fingerprint density at radius 2 is 0.476 bits per heavy atom. The molecule has 0 aromatic carbocycles. The highest BCUT2D eigenvalue weighted by Crippen LogP contribution is 2.15. The van der Waals surface area contributed by atoms with E-state index in [9.17, 15) is 14.4 Å². The molecule has 0 aromatic heterocycles. The first-order valence-electron chi connectivity index (χ1n) is 33.5. The molecule has 0 saturated heterocycles. The van der Waals surface area contributed by atoms with E-state index in [1.165, 1.54) is 64.2 Å². The summed E-state index contributed by atoms with van der Waals surface area (Å²) in [7, 11) is 0. The molecule has 0 fully saturated rings. The van der Waals surface area contributed by atoms with Crippen molar-refractivity contribution in [1.29, 1.82) is 0 Å². The lowest BCUT2D eigenvalue weighted by molar-refractivity contribution is -0.167. The molecule has 1 atom stereocenters. The van der Waals surface area contributed by atoms with Gasteiger partial charge in [0.05, 0.1) is 0 Å². The minimum atomic E-state index is -0.807. The molecule has 0 aliphatic rings. The molecule has 0 heterocycles. The molecule has 0 bridgehead atoms. The van der Waals surface area contributed by atoms with Crippen LogP contribution in [0.25, 0.3) is 0 Å². The first kappa shape index (κ1) is 77.0. The van der Waals surface area contributed by atoms with E-state index >= 15 is 0 Å². The third-order valence-corrected chi connectivity index (χ3v) is 13.7.